The number of nitrogens with zero attached hydrogens (tertiary/aromatic N) is 1. The fraction of sp³-hybridized carbons (Fsp3) is 0. The molecule has 0 fully saturated rings. The first-order valence-electron chi connectivity index (χ1n) is 3.86. The van der Waals surface area contributed by atoms with Crippen molar-refractivity contribution >= 4 is 39.2 Å². The van der Waals surface area contributed by atoms with E-state index < -0.39 is 29.6 Å². The van der Waals surface area contributed by atoms with Crippen LogP contribution in [0.2, 0.25) is 0 Å². The van der Waals surface area contributed by atoms with Gasteiger partial charge in [-0.05, 0) is 0 Å². The zero-order valence-electron chi connectivity index (χ0n) is 7.46. The van der Waals surface area contributed by atoms with E-state index in [1.165, 1.54) is 0 Å². The van der Waals surface area contributed by atoms with Gasteiger partial charge in [0.2, 0.25) is 0 Å². The van der Waals surface area contributed by atoms with Gasteiger partial charge in [0.25, 0.3) is 0 Å². The molecule has 2 N–H and O–H groups in total. The Morgan fingerprint density at radius 2 is 1.75 bits per heavy atom. The Bertz CT molecular complexity index is 575. The molecule has 0 amide bonds. The summed E-state index contributed by atoms with van der Waals surface area (Å²) in [4.78, 5) is 1.86. The van der Waals surface area contributed by atoms with Crippen molar-refractivity contribution in [1.29, 1.82) is 0 Å². The van der Waals surface area contributed by atoms with Crippen LogP contribution in [0.15, 0.2) is 23.1 Å². The zero-order valence-corrected chi connectivity index (χ0v) is 9.99. The number of rotatable bonds is 1. The summed E-state index contributed by atoms with van der Waals surface area (Å²) < 4.78 is 62.6. The van der Waals surface area contributed by atoms with Gasteiger partial charge in [0.1, 0.15) is 0 Å². The van der Waals surface area contributed by atoms with E-state index in [9.17, 15) is 19.4 Å². The predicted octanol–water partition coefficient (Wildman–Crippen LogP) is 3.53. The molecule has 0 radical (unpaired) electrons. The first-order chi connectivity index (χ1) is 6.95. The van der Waals surface area contributed by atoms with Crippen LogP contribution in [-0.4, -0.2) is 19.5 Å². The standard InChI is InChI=1S/C7H5F5N2SSe/c8-15(9,10,11,12)4-1-2-5-6(3-4)16-7(13)14-5/h1-3H,(H2,13,14). The van der Waals surface area contributed by atoms with Gasteiger partial charge in [0, 0.05) is 0 Å². The van der Waals surface area contributed by atoms with Gasteiger partial charge in [-0.2, -0.15) is 0 Å². The summed E-state index contributed by atoms with van der Waals surface area (Å²) in [5.74, 6) is 0. The molecule has 2 nitrogen and oxygen atoms in total. The molecular formula is C7H5F5N2SSe. The molecule has 2 aromatic rings. The second-order valence-corrected chi connectivity index (χ2v) is 7.79. The third-order valence-electron chi connectivity index (χ3n) is 1.82. The van der Waals surface area contributed by atoms with Gasteiger partial charge < -0.3 is 0 Å². The molecule has 1 aromatic carbocycles. The molecule has 2 rings (SSSR count). The fourth-order valence-corrected chi connectivity index (χ4v) is 3.62. The molecule has 1 aromatic heterocycles. The molecular weight excluding hydrogens is 318 g/mol. The molecule has 0 atom stereocenters. The molecule has 1 heterocycles. The van der Waals surface area contributed by atoms with Crippen LogP contribution in [0, 0.1) is 0 Å². The number of aromatic nitrogens is 1. The van der Waals surface area contributed by atoms with Crippen molar-refractivity contribution < 1.29 is 19.4 Å². The fourth-order valence-electron chi connectivity index (χ4n) is 1.16. The van der Waals surface area contributed by atoms with E-state index in [1.54, 1.807) is 0 Å². The number of nitrogens with two attached hydrogens (primary N) is 1. The Kier molecular flexibility index (Phi) is 1.86. The van der Waals surface area contributed by atoms with Crippen LogP contribution in [0.25, 0.3) is 9.78 Å². The average Bonchev–Trinajstić information content (AvgIpc) is 2.38. The third kappa shape index (κ3) is 2.16. The van der Waals surface area contributed by atoms with Crippen LogP contribution >= 0.6 is 10.2 Å². The first kappa shape index (κ1) is 11.7. The third-order valence-corrected chi connectivity index (χ3v) is 4.74. The van der Waals surface area contributed by atoms with Crippen LogP contribution < -0.4 is 5.73 Å². The van der Waals surface area contributed by atoms with Crippen molar-refractivity contribution in [3.05, 3.63) is 18.2 Å². The predicted molar refractivity (Wildman–Crippen MR) is 54.5 cm³/mol. The molecule has 0 saturated heterocycles. The Morgan fingerprint density at radius 3 is 2.31 bits per heavy atom. The van der Waals surface area contributed by atoms with Crippen LogP contribution in [0.1, 0.15) is 0 Å². The average molecular weight is 323 g/mol. The van der Waals surface area contributed by atoms with Gasteiger partial charge in [-0.3, -0.25) is 0 Å². The Labute approximate surface area is 92.7 Å². The maximum absolute atomic E-state index is 12.5. The minimum atomic E-state index is -9.58. The summed E-state index contributed by atoms with van der Waals surface area (Å²) in [6.07, 6.45) is 0. The van der Waals surface area contributed by atoms with E-state index in [4.69, 9.17) is 5.73 Å². The number of fused-ring (bicyclic) bond motifs is 1. The summed E-state index contributed by atoms with van der Waals surface area (Å²) in [7, 11) is -9.58. The molecule has 0 bridgehead atoms. The van der Waals surface area contributed by atoms with E-state index in [0.717, 1.165) is 6.07 Å². The summed E-state index contributed by atoms with van der Waals surface area (Å²) in [5, 5.41) is 0. The zero-order chi connectivity index (χ0) is 12.3. The Balaban J connectivity index is 2.74. The summed E-state index contributed by atoms with van der Waals surface area (Å²) >= 11 is -0.603. The Hall–Kier alpha value is -0.791. The molecule has 0 aliphatic carbocycles. The van der Waals surface area contributed by atoms with E-state index in [0.29, 0.717) is 12.1 Å². The van der Waals surface area contributed by atoms with E-state index >= 15 is 0 Å². The minimum absolute atomic E-state index is 0.135. The van der Waals surface area contributed by atoms with Gasteiger partial charge in [0.05, 0.1) is 0 Å². The maximum atomic E-state index is 12.5. The summed E-state index contributed by atoms with van der Waals surface area (Å²) in [6.45, 7) is 0. The number of benzene rings is 1. The van der Waals surface area contributed by atoms with Crippen LogP contribution in [-0.2, 0) is 0 Å². The van der Waals surface area contributed by atoms with Crippen molar-refractivity contribution in [2.45, 2.75) is 4.90 Å². The number of hydrogen-bond acceptors (Lipinski definition) is 2. The van der Waals surface area contributed by atoms with Gasteiger partial charge in [-0.15, -0.1) is 0 Å². The van der Waals surface area contributed by atoms with Crippen molar-refractivity contribution in [2.24, 2.45) is 0 Å². The van der Waals surface area contributed by atoms with Crippen LogP contribution in [0.4, 0.5) is 24.1 Å². The first-order valence-corrected chi connectivity index (χ1v) is 7.52. The van der Waals surface area contributed by atoms with Crippen molar-refractivity contribution in [1.82, 2.24) is 4.98 Å². The van der Waals surface area contributed by atoms with E-state index in [1.807, 2.05) is 0 Å². The van der Waals surface area contributed by atoms with Gasteiger partial charge in [-0.25, -0.2) is 0 Å². The van der Waals surface area contributed by atoms with Crippen LogP contribution in [0.3, 0.4) is 0 Å². The van der Waals surface area contributed by atoms with Gasteiger partial charge in [0.15, 0.2) is 0 Å². The van der Waals surface area contributed by atoms with Crippen molar-refractivity contribution in [2.75, 3.05) is 5.73 Å². The summed E-state index contributed by atoms with van der Waals surface area (Å²) in [6, 6.07) is 1.71. The van der Waals surface area contributed by atoms with Gasteiger partial charge in [-0.1, -0.05) is 0 Å². The van der Waals surface area contributed by atoms with Crippen molar-refractivity contribution in [3.8, 4) is 0 Å². The molecule has 0 unspecified atom stereocenters. The van der Waals surface area contributed by atoms with Gasteiger partial charge >= 0.3 is 92.4 Å². The van der Waals surface area contributed by atoms with Crippen LogP contribution in [0.5, 0.6) is 0 Å². The topological polar surface area (TPSA) is 38.9 Å². The molecule has 0 aliphatic rings. The van der Waals surface area contributed by atoms with E-state index in [-0.39, 0.29) is 14.5 Å². The number of nitrogen functional groups attached to an aromatic ring is 1. The normalized spacial score (nSPS) is 17.1. The number of halogens is 5. The molecule has 16 heavy (non-hydrogen) atoms. The second-order valence-electron chi connectivity index (χ2n) is 3.15. The molecule has 90 valence electrons. The Morgan fingerprint density at radius 1 is 1.12 bits per heavy atom. The SMILES string of the molecule is Nc1nc2ccc(S(F)(F)(F)(F)F)cc2[se]1. The molecule has 0 spiro atoms. The molecule has 0 aliphatic heterocycles. The molecule has 0 saturated carbocycles. The van der Waals surface area contributed by atoms with Crippen molar-refractivity contribution in [3.63, 3.8) is 0 Å². The van der Waals surface area contributed by atoms with E-state index in [2.05, 4.69) is 4.98 Å². The quantitative estimate of drug-likeness (QED) is 0.644. The summed E-state index contributed by atoms with van der Waals surface area (Å²) in [5.41, 5.74) is 5.57. The second kappa shape index (κ2) is 2.55. The number of anilines is 1. The number of hydrogen-bond donors (Lipinski definition) is 1. The monoisotopic (exact) mass is 324 g/mol. The molecule has 9 heteroatoms.